The van der Waals surface area contributed by atoms with Gasteiger partial charge >= 0.3 is 6.09 Å². The van der Waals surface area contributed by atoms with Crippen molar-refractivity contribution in [1.29, 1.82) is 0 Å². The Kier molecular flexibility index (Phi) is 11.3. The van der Waals surface area contributed by atoms with Crippen molar-refractivity contribution in [2.75, 3.05) is 26.0 Å². The molecule has 0 saturated carbocycles. The molecular formula is C32H32F3N5O6. The summed E-state index contributed by atoms with van der Waals surface area (Å²) >= 11 is 0. The van der Waals surface area contributed by atoms with Gasteiger partial charge in [-0.05, 0) is 56.3 Å². The van der Waals surface area contributed by atoms with Crippen LogP contribution < -0.4 is 26.2 Å². The van der Waals surface area contributed by atoms with E-state index in [2.05, 4.69) is 25.7 Å². The minimum atomic E-state index is -1.08. The van der Waals surface area contributed by atoms with Gasteiger partial charge in [0.05, 0.1) is 19.2 Å². The van der Waals surface area contributed by atoms with Crippen LogP contribution in [0.15, 0.2) is 71.2 Å². The zero-order chi connectivity index (χ0) is 33.2. The van der Waals surface area contributed by atoms with E-state index in [1.54, 1.807) is 25.3 Å². The summed E-state index contributed by atoms with van der Waals surface area (Å²) in [6, 6.07) is 8.94. The molecule has 4 rings (SSSR count). The van der Waals surface area contributed by atoms with Crippen LogP contribution in [-0.4, -0.2) is 54.6 Å². The number of amides is 2. The number of nitrogens with zero attached hydrogens (tertiary/aromatic N) is 1. The number of pyridine rings is 1. The fraction of sp³-hybridized carbons (Fsp3) is 0.250. The third-order valence-electron chi connectivity index (χ3n) is 6.92. The van der Waals surface area contributed by atoms with Crippen molar-refractivity contribution in [3.63, 3.8) is 0 Å². The standard InChI is InChI=1S/C32H32F3N5O6/c1-36-15-19(17-41)5-3-6-26(39-32(44)45-2)30(42)38-27-7-4-10-40(31(27)43)16-24-12-21-11-23(34)14-28(29(21)37-24)46-18-20-8-9-22(33)13-25(20)35/h4-5,7-14,17,26,36-37H,3,6,15-16,18H2,1-2H3,(H,38,42)(H,39,44)/b19-5-/t26-/m0/s1. The first-order valence-electron chi connectivity index (χ1n) is 14.1. The monoisotopic (exact) mass is 639 g/mol. The van der Waals surface area contributed by atoms with Crippen molar-refractivity contribution >= 4 is 34.9 Å². The van der Waals surface area contributed by atoms with Gasteiger partial charge in [-0.15, -0.1) is 0 Å². The smallest absolute Gasteiger partial charge is 0.407 e. The van der Waals surface area contributed by atoms with E-state index in [1.165, 1.54) is 29.0 Å². The summed E-state index contributed by atoms with van der Waals surface area (Å²) in [6.45, 7) is 0.0555. The van der Waals surface area contributed by atoms with Gasteiger partial charge in [0.25, 0.3) is 5.56 Å². The van der Waals surface area contributed by atoms with Crippen LogP contribution in [0.5, 0.6) is 5.75 Å². The third-order valence-corrected chi connectivity index (χ3v) is 6.92. The quantitative estimate of drug-likeness (QED) is 0.120. The van der Waals surface area contributed by atoms with Crippen LogP contribution in [-0.2, 0) is 27.5 Å². The number of hydrogen-bond acceptors (Lipinski definition) is 7. The molecule has 2 heterocycles. The van der Waals surface area contributed by atoms with Crippen molar-refractivity contribution in [1.82, 2.24) is 20.2 Å². The van der Waals surface area contributed by atoms with Crippen molar-refractivity contribution in [2.45, 2.75) is 32.0 Å². The highest BCUT2D eigenvalue weighted by atomic mass is 19.1. The molecular weight excluding hydrogens is 607 g/mol. The number of aldehydes is 1. The Morgan fingerprint density at radius 1 is 1.09 bits per heavy atom. The molecule has 0 saturated heterocycles. The molecule has 0 fully saturated rings. The molecule has 0 spiro atoms. The molecule has 242 valence electrons. The van der Waals surface area contributed by atoms with Gasteiger partial charge in [0, 0.05) is 47.1 Å². The number of halogens is 3. The summed E-state index contributed by atoms with van der Waals surface area (Å²) in [5, 5.41) is 8.27. The Bertz CT molecular complexity index is 1820. The van der Waals surface area contributed by atoms with Crippen LogP contribution in [0.2, 0.25) is 0 Å². The summed E-state index contributed by atoms with van der Waals surface area (Å²) in [7, 11) is 2.83. The highest BCUT2D eigenvalue weighted by Gasteiger charge is 2.22. The van der Waals surface area contributed by atoms with Crippen molar-refractivity contribution < 1.29 is 37.0 Å². The Morgan fingerprint density at radius 3 is 2.61 bits per heavy atom. The van der Waals surface area contributed by atoms with E-state index in [0.717, 1.165) is 25.3 Å². The Morgan fingerprint density at radius 2 is 1.89 bits per heavy atom. The van der Waals surface area contributed by atoms with Crippen molar-refractivity contribution in [3.05, 3.63) is 105 Å². The predicted octanol–water partition coefficient (Wildman–Crippen LogP) is 4.16. The lowest BCUT2D eigenvalue weighted by Crippen LogP contribution is -2.44. The van der Waals surface area contributed by atoms with Gasteiger partial charge < -0.3 is 35.0 Å². The molecule has 0 unspecified atom stereocenters. The number of benzene rings is 2. The summed E-state index contributed by atoms with van der Waals surface area (Å²) in [4.78, 5) is 52.6. The van der Waals surface area contributed by atoms with E-state index in [-0.39, 0.29) is 43.0 Å². The summed E-state index contributed by atoms with van der Waals surface area (Å²) in [6.07, 6.45) is 3.38. The molecule has 4 aromatic rings. The number of aromatic nitrogens is 2. The van der Waals surface area contributed by atoms with Crippen LogP contribution in [0.25, 0.3) is 10.9 Å². The fourth-order valence-corrected chi connectivity index (χ4v) is 4.66. The maximum absolute atomic E-state index is 14.4. The van der Waals surface area contributed by atoms with Gasteiger partial charge in [-0.2, -0.15) is 0 Å². The summed E-state index contributed by atoms with van der Waals surface area (Å²) < 4.78 is 53.3. The highest BCUT2D eigenvalue weighted by Crippen LogP contribution is 2.29. The lowest BCUT2D eigenvalue weighted by Gasteiger charge is -2.17. The van der Waals surface area contributed by atoms with E-state index in [0.29, 0.717) is 35.0 Å². The van der Waals surface area contributed by atoms with Gasteiger partial charge in [0.1, 0.15) is 47.8 Å². The molecule has 46 heavy (non-hydrogen) atoms. The van der Waals surface area contributed by atoms with Gasteiger partial charge in [-0.25, -0.2) is 18.0 Å². The summed E-state index contributed by atoms with van der Waals surface area (Å²) in [5.74, 6) is -2.72. The van der Waals surface area contributed by atoms with Crippen LogP contribution in [0.3, 0.4) is 0 Å². The Labute approximate surface area is 261 Å². The number of carbonyl (C=O) groups excluding carboxylic acids is 3. The number of aromatic amines is 1. The van der Waals surface area contributed by atoms with Gasteiger partial charge in [-0.3, -0.25) is 14.4 Å². The second-order valence-electron chi connectivity index (χ2n) is 10.2. The molecule has 2 aromatic heterocycles. The van der Waals surface area contributed by atoms with E-state index >= 15 is 0 Å². The number of likely N-dealkylation sites (N-methyl/N-ethyl adjacent to an activating group) is 1. The topological polar surface area (TPSA) is 144 Å². The average Bonchev–Trinajstić information content (AvgIpc) is 3.43. The number of nitrogens with one attached hydrogen (secondary N) is 4. The number of fused-ring (bicyclic) bond motifs is 1. The van der Waals surface area contributed by atoms with E-state index in [4.69, 9.17) is 4.74 Å². The average molecular weight is 640 g/mol. The minimum Gasteiger partial charge on any atom is -0.486 e. The number of allylic oxidation sites excluding steroid dienone is 1. The Balaban J connectivity index is 1.51. The second kappa shape index (κ2) is 15.6. The first-order valence-corrected chi connectivity index (χ1v) is 14.1. The normalized spacial score (nSPS) is 12.1. The van der Waals surface area contributed by atoms with Crippen LogP contribution in [0.4, 0.5) is 23.7 Å². The van der Waals surface area contributed by atoms with Crippen LogP contribution in [0, 0.1) is 17.5 Å². The SMILES string of the molecule is CNC/C(C=O)=C/CC[C@H](NC(=O)OC)C(=O)Nc1cccn(Cc2cc3cc(F)cc(OCc4ccc(F)cc4F)c3[nH]2)c1=O. The maximum Gasteiger partial charge on any atom is 0.407 e. The zero-order valence-electron chi connectivity index (χ0n) is 25.0. The lowest BCUT2D eigenvalue weighted by molar-refractivity contribution is -0.118. The van der Waals surface area contributed by atoms with Crippen LogP contribution >= 0.6 is 0 Å². The highest BCUT2D eigenvalue weighted by molar-refractivity contribution is 5.96. The van der Waals surface area contributed by atoms with E-state index in [9.17, 15) is 32.3 Å². The second-order valence-corrected chi connectivity index (χ2v) is 10.2. The molecule has 2 amide bonds. The zero-order valence-corrected chi connectivity index (χ0v) is 25.0. The third kappa shape index (κ3) is 8.63. The van der Waals surface area contributed by atoms with E-state index < -0.39 is 41.1 Å². The predicted molar refractivity (Wildman–Crippen MR) is 164 cm³/mol. The molecule has 4 N–H and O–H groups in total. The lowest BCUT2D eigenvalue weighted by atomic mass is 10.1. The molecule has 0 aliphatic heterocycles. The Hall–Kier alpha value is -5.37. The first kappa shape index (κ1) is 33.5. The number of alkyl carbamates (subject to hydrolysis) is 1. The van der Waals surface area contributed by atoms with Gasteiger partial charge in [0.2, 0.25) is 5.91 Å². The van der Waals surface area contributed by atoms with Gasteiger partial charge in [0.15, 0.2) is 0 Å². The number of rotatable bonds is 14. The number of carbonyl (C=O) groups is 3. The first-order chi connectivity index (χ1) is 22.1. The molecule has 11 nitrogen and oxygen atoms in total. The molecule has 0 radical (unpaired) electrons. The van der Waals surface area contributed by atoms with Gasteiger partial charge in [-0.1, -0.05) is 6.08 Å². The number of hydrogen-bond donors (Lipinski definition) is 4. The molecule has 0 aliphatic rings. The largest absolute Gasteiger partial charge is 0.486 e. The van der Waals surface area contributed by atoms with Crippen molar-refractivity contribution in [2.24, 2.45) is 0 Å². The molecule has 0 aliphatic carbocycles. The number of H-pyrrole nitrogens is 1. The van der Waals surface area contributed by atoms with E-state index in [1.807, 2.05) is 0 Å². The molecule has 1 atom stereocenters. The molecule has 2 aromatic carbocycles. The van der Waals surface area contributed by atoms with Crippen molar-refractivity contribution in [3.8, 4) is 5.75 Å². The maximum atomic E-state index is 14.4. The fourth-order valence-electron chi connectivity index (χ4n) is 4.66. The molecule has 14 heteroatoms. The molecule has 0 bridgehead atoms. The van der Waals surface area contributed by atoms with Crippen LogP contribution in [0.1, 0.15) is 24.1 Å². The number of ether oxygens (including phenoxy) is 2. The summed E-state index contributed by atoms with van der Waals surface area (Å²) in [5.41, 5.74) is 0.832. The minimum absolute atomic E-state index is 0.000552. The number of methoxy groups -OCH3 is 1. The number of anilines is 1.